The standard InChI is InChI=1S/C17H19NO3/c19-9-3-5-12-4-1-2-6-14(12)17(21)18-10-13-7-8-16(20)15(13)11-18/h1-2,4,6,13,15-16,19-20H,7-11H2. The number of likely N-dealkylation sites (tertiary alicyclic amines) is 1. The zero-order valence-electron chi connectivity index (χ0n) is 11.8. The fraction of sp³-hybridized carbons (Fsp3) is 0.471. The number of nitrogens with zero attached hydrogens (tertiary/aromatic N) is 1. The molecule has 1 saturated heterocycles. The van der Waals surface area contributed by atoms with Crippen LogP contribution in [0.15, 0.2) is 24.3 Å². The minimum absolute atomic E-state index is 0.0283. The number of rotatable bonds is 1. The number of aliphatic hydroxyl groups excluding tert-OH is 2. The van der Waals surface area contributed by atoms with E-state index in [1.807, 2.05) is 17.0 Å². The van der Waals surface area contributed by atoms with Gasteiger partial charge in [-0.05, 0) is 30.9 Å². The Morgan fingerprint density at radius 2 is 2.10 bits per heavy atom. The number of amides is 1. The van der Waals surface area contributed by atoms with Crippen LogP contribution in [-0.4, -0.2) is 46.8 Å². The van der Waals surface area contributed by atoms with Crippen LogP contribution in [0.3, 0.4) is 0 Å². The summed E-state index contributed by atoms with van der Waals surface area (Å²) in [6.45, 7) is 1.14. The monoisotopic (exact) mass is 285 g/mol. The van der Waals surface area contributed by atoms with Gasteiger partial charge in [0.25, 0.3) is 5.91 Å². The summed E-state index contributed by atoms with van der Waals surface area (Å²) in [5.41, 5.74) is 1.22. The number of fused-ring (bicyclic) bond motifs is 1. The third-order valence-corrected chi connectivity index (χ3v) is 4.57. The summed E-state index contributed by atoms with van der Waals surface area (Å²) in [6, 6.07) is 7.22. The van der Waals surface area contributed by atoms with E-state index in [4.69, 9.17) is 5.11 Å². The van der Waals surface area contributed by atoms with Crippen LogP contribution in [0.2, 0.25) is 0 Å². The maximum Gasteiger partial charge on any atom is 0.255 e. The number of carbonyl (C=O) groups excluding carboxylic acids is 1. The first-order chi connectivity index (χ1) is 10.2. The lowest BCUT2D eigenvalue weighted by Crippen LogP contribution is -2.31. The summed E-state index contributed by atoms with van der Waals surface area (Å²) in [4.78, 5) is 14.5. The second kappa shape index (κ2) is 5.88. The lowest BCUT2D eigenvalue weighted by atomic mass is 10.00. The number of carbonyl (C=O) groups is 1. The molecule has 0 aromatic heterocycles. The highest BCUT2D eigenvalue weighted by Crippen LogP contribution is 2.38. The van der Waals surface area contributed by atoms with Gasteiger partial charge in [0.15, 0.2) is 0 Å². The lowest BCUT2D eigenvalue weighted by Gasteiger charge is -2.19. The number of hydrogen-bond acceptors (Lipinski definition) is 3. The minimum atomic E-state index is -0.266. The molecule has 1 aromatic carbocycles. The molecule has 0 bridgehead atoms. The first kappa shape index (κ1) is 14.1. The molecule has 1 aromatic rings. The molecule has 0 spiro atoms. The molecule has 2 aliphatic rings. The Morgan fingerprint density at radius 3 is 2.86 bits per heavy atom. The van der Waals surface area contributed by atoms with Crippen LogP contribution in [0.4, 0.5) is 0 Å². The zero-order chi connectivity index (χ0) is 14.8. The lowest BCUT2D eigenvalue weighted by molar-refractivity contribution is 0.0752. The third-order valence-electron chi connectivity index (χ3n) is 4.57. The van der Waals surface area contributed by atoms with E-state index in [0.717, 1.165) is 19.4 Å². The predicted octanol–water partition coefficient (Wildman–Crippen LogP) is 0.873. The van der Waals surface area contributed by atoms with Crippen LogP contribution >= 0.6 is 0 Å². The van der Waals surface area contributed by atoms with Crippen LogP contribution in [0.25, 0.3) is 0 Å². The van der Waals surface area contributed by atoms with Crippen molar-refractivity contribution in [3.63, 3.8) is 0 Å². The topological polar surface area (TPSA) is 60.8 Å². The molecule has 3 rings (SSSR count). The molecular weight excluding hydrogens is 266 g/mol. The van der Waals surface area contributed by atoms with E-state index in [0.29, 0.717) is 23.6 Å². The van der Waals surface area contributed by atoms with E-state index in [2.05, 4.69) is 11.8 Å². The molecule has 1 amide bonds. The fourth-order valence-electron chi connectivity index (χ4n) is 3.49. The summed E-state index contributed by atoms with van der Waals surface area (Å²) < 4.78 is 0. The van der Waals surface area contributed by atoms with Crippen LogP contribution in [0.1, 0.15) is 28.8 Å². The van der Waals surface area contributed by atoms with E-state index >= 15 is 0 Å². The van der Waals surface area contributed by atoms with E-state index in [1.54, 1.807) is 12.1 Å². The van der Waals surface area contributed by atoms with Gasteiger partial charge in [-0.1, -0.05) is 24.0 Å². The smallest absolute Gasteiger partial charge is 0.255 e. The minimum Gasteiger partial charge on any atom is -0.393 e. The molecule has 1 saturated carbocycles. The van der Waals surface area contributed by atoms with Gasteiger partial charge >= 0.3 is 0 Å². The normalized spacial score (nSPS) is 27.1. The molecule has 4 heteroatoms. The highest BCUT2D eigenvalue weighted by Gasteiger charge is 2.43. The van der Waals surface area contributed by atoms with Gasteiger partial charge in [-0.25, -0.2) is 0 Å². The van der Waals surface area contributed by atoms with Gasteiger partial charge in [-0.2, -0.15) is 0 Å². The van der Waals surface area contributed by atoms with Crippen LogP contribution in [0.5, 0.6) is 0 Å². The van der Waals surface area contributed by atoms with Crippen molar-refractivity contribution in [1.29, 1.82) is 0 Å². The van der Waals surface area contributed by atoms with Crippen molar-refractivity contribution in [1.82, 2.24) is 4.90 Å². The first-order valence-electron chi connectivity index (χ1n) is 7.37. The fourth-order valence-corrected chi connectivity index (χ4v) is 3.49. The number of aliphatic hydroxyl groups is 2. The largest absolute Gasteiger partial charge is 0.393 e. The average molecular weight is 285 g/mol. The molecule has 1 aliphatic carbocycles. The molecule has 110 valence electrons. The van der Waals surface area contributed by atoms with Crippen LogP contribution in [0, 0.1) is 23.7 Å². The summed E-state index contributed by atoms with van der Waals surface area (Å²) in [5.74, 6) is 6.05. The molecule has 21 heavy (non-hydrogen) atoms. The molecular formula is C17H19NO3. The van der Waals surface area contributed by atoms with Crippen LogP contribution < -0.4 is 0 Å². The van der Waals surface area contributed by atoms with Gasteiger partial charge in [0.05, 0.1) is 11.7 Å². The van der Waals surface area contributed by atoms with Crippen molar-refractivity contribution in [2.75, 3.05) is 19.7 Å². The van der Waals surface area contributed by atoms with Gasteiger partial charge in [-0.3, -0.25) is 4.79 Å². The van der Waals surface area contributed by atoms with Gasteiger partial charge in [0.1, 0.15) is 6.61 Å². The Labute approximate surface area is 124 Å². The Balaban J connectivity index is 1.80. The predicted molar refractivity (Wildman–Crippen MR) is 78.5 cm³/mol. The van der Waals surface area contributed by atoms with Crippen LogP contribution in [-0.2, 0) is 0 Å². The van der Waals surface area contributed by atoms with Crippen molar-refractivity contribution >= 4 is 5.91 Å². The Bertz CT molecular complexity index is 602. The Kier molecular flexibility index (Phi) is 3.96. The van der Waals surface area contributed by atoms with Crippen molar-refractivity contribution in [3.8, 4) is 11.8 Å². The highest BCUT2D eigenvalue weighted by molar-refractivity contribution is 5.97. The van der Waals surface area contributed by atoms with Gasteiger partial charge in [0.2, 0.25) is 0 Å². The van der Waals surface area contributed by atoms with E-state index in [9.17, 15) is 9.90 Å². The summed E-state index contributed by atoms with van der Waals surface area (Å²) in [7, 11) is 0. The molecule has 3 atom stereocenters. The summed E-state index contributed by atoms with van der Waals surface area (Å²) in [5, 5.41) is 18.8. The Hall–Kier alpha value is -1.83. The number of hydrogen-bond donors (Lipinski definition) is 2. The Morgan fingerprint density at radius 1 is 1.29 bits per heavy atom. The third kappa shape index (κ3) is 2.67. The average Bonchev–Trinajstić information content (AvgIpc) is 3.07. The quantitative estimate of drug-likeness (QED) is 0.753. The second-order valence-electron chi connectivity index (χ2n) is 5.78. The number of benzene rings is 1. The summed E-state index contributed by atoms with van der Waals surface area (Å²) in [6.07, 6.45) is 1.59. The SMILES string of the molecule is O=C(c1ccccc1C#CCO)N1CC2CCC(O)C2C1. The van der Waals surface area contributed by atoms with Crippen molar-refractivity contribution in [2.45, 2.75) is 18.9 Å². The highest BCUT2D eigenvalue weighted by atomic mass is 16.3. The van der Waals surface area contributed by atoms with Gasteiger partial charge < -0.3 is 15.1 Å². The molecule has 2 N–H and O–H groups in total. The second-order valence-corrected chi connectivity index (χ2v) is 5.78. The van der Waals surface area contributed by atoms with E-state index < -0.39 is 0 Å². The maximum absolute atomic E-state index is 12.7. The van der Waals surface area contributed by atoms with Crippen molar-refractivity contribution in [2.24, 2.45) is 11.8 Å². The molecule has 3 unspecified atom stereocenters. The molecule has 0 radical (unpaired) electrons. The van der Waals surface area contributed by atoms with E-state index in [1.165, 1.54) is 0 Å². The van der Waals surface area contributed by atoms with Crippen molar-refractivity contribution in [3.05, 3.63) is 35.4 Å². The molecule has 1 aliphatic heterocycles. The van der Waals surface area contributed by atoms with Gasteiger partial charge in [0, 0.05) is 24.6 Å². The van der Waals surface area contributed by atoms with Crippen molar-refractivity contribution < 1.29 is 15.0 Å². The maximum atomic E-state index is 12.7. The van der Waals surface area contributed by atoms with Gasteiger partial charge in [-0.15, -0.1) is 0 Å². The first-order valence-corrected chi connectivity index (χ1v) is 7.37. The molecule has 1 heterocycles. The molecule has 2 fully saturated rings. The molecule has 4 nitrogen and oxygen atoms in total. The zero-order valence-corrected chi connectivity index (χ0v) is 11.8. The van der Waals surface area contributed by atoms with E-state index in [-0.39, 0.29) is 24.5 Å². The summed E-state index contributed by atoms with van der Waals surface area (Å²) >= 11 is 0.